The van der Waals surface area contributed by atoms with Crippen molar-refractivity contribution in [3.63, 3.8) is 0 Å². The summed E-state index contributed by atoms with van der Waals surface area (Å²) in [6.07, 6.45) is 5.60. The molecule has 0 aromatic heterocycles. The second kappa shape index (κ2) is 3.58. The number of hydrogen-bond acceptors (Lipinski definition) is 2. The molecular formula is C11H22N2. The zero-order chi connectivity index (χ0) is 9.42. The third-order valence-corrected chi connectivity index (χ3v) is 3.79. The van der Waals surface area contributed by atoms with Gasteiger partial charge in [0.1, 0.15) is 0 Å². The van der Waals surface area contributed by atoms with Crippen LogP contribution in [0.3, 0.4) is 0 Å². The third-order valence-electron chi connectivity index (χ3n) is 3.79. The second-order valence-electron chi connectivity index (χ2n) is 4.88. The Morgan fingerprint density at radius 3 is 2.08 bits per heavy atom. The van der Waals surface area contributed by atoms with Gasteiger partial charge in [-0.15, -0.1) is 0 Å². The van der Waals surface area contributed by atoms with Crippen LogP contribution in [0.2, 0.25) is 0 Å². The average molecular weight is 182 g/mol. The molecule has 2 nitrogen and oxygen atoms in total. The van der Waals surface area contributed by atoms with Gasteiger partial charge in [-0.05, 0) is 46.6 Å². The predicted octanol–water partition coefficient (Wildman–Crippen LogP) is 1.61. The van der Waals surface area contributed by atoms with E-state index in [-0.39, 0.29) is 0 Å². The molecular weight excluding hydrogens is 160 g/mol. The number of nitrogens with zero attached hydrogens (tertiary/aromatic N) is 1. The molecule has 2 aliphatic heterocycles. The highest BCUT2D eigenvalue weighted by Gasteiger charge is 2.40. The van der Waals surface area contributed by atoms with Gasteiger partial charge in [-0.3, -0.25) is 4.90 Å². The van der Waals surface area contributed by atoms with E-state index in [0.29, 0.717) is 0 Å². The summed E-state index contributed by atoms with van der Waals surface area (Å²) in [7, 11) is 2.11. The van der Waals surface area contributed by atoms with Crippen molar-refractivity contribution in [1.29, 1.82) is 0 Å². The molecule has 0 radical (unpaired) electrons. The summed E-state index contributed by atoms with van der Waals surface area (Å²) in [5, 5.41) is 3.44. The van der Waals surface area contributed by atoms with E-state index in [1.165, 1.54) is 25.7 Å². The van der Waals surface area contributed by atoms with E-state index < -0.39 is 0 Å². The van der Waals surface area contributed by atoms with Gasteiger partial charge in [-0.25, -0.2) is 0 Å². The largest absolute Gasteiger partial charge is 0.317 e. The van der Waals surface area contributed by atoms with Gasteiger partial charge in [0.25, 0.3) is 0 Å². The van der Waals surface area contributed by atoms with Gasteiger partial charge in [0.2, 0.25) is 0 Å². The van der Waals surface area contributed by atoms with Gasteiger partial charge in [0.05, 0.1) is 0 Å². The van der Waals surface area contributed by atoms with Crippen molar-refractivity contribution in [2.24, 2.45) is 0 Å². The normalized spacial score (nSPS) is 40.2. The van der Waals surface area contributed by atoms with Crippen molar-refractivity contribution in [1.82, 2.24) is 10.2 Å². The molecule has 2 bridgehead atoms. The van der Waals surface area contributed by atoms with Crippen LogP contribution in [0.4, 0.5) is 0 Å². The first-order valence-electron chi connectivity index (χ1n) is 5.67. The van der Waals surface area contributed by atoms with Crippen LogP contribution in [-0.4, -0.2) is 36.1 Å². The summed E-state index contributed by atoms with van der Waals surface area (Å²) in [6, 6.07) is 3.27. The first kappa shape index (κ1) is 9.47. The quantitative estimate of drug-likeness (QED) is 0.698. The Bertz CT molecular complexity index is 165. The van der Waals surface area contributed by atoms with Gasteiger partial charge in [0.15, 0.2) is 0 Å². The molecule has 1 unspecified atom stereocenters. The highest BCUT2D eigenvalue weighted by Crippen LogP contribution is 2.36. The minimum absolute atomic E-state index is 0.746. The summed E-state index contributed by atoms with van der Waals surface area (Å²) < 4.78 is 0. The fourth-order valence-electron chi connectivity index (χ4n) is 3.29. The van der Waals surface area contributed by atoms with Crippen molar-refractivity contribution < 1.29 is 0 Å². The highest BCUT2D eigenvalue weighted by molar-refractivity contribution is 4.98. The van der Waals surface area contributed by atoms with E-state index in [1.807, 2.05) is 0 Å². The molecule has 0 aromatic rings. The fraction of sp³-hybridized carbons (Fsp3) is 1.00. The van der Waals surface area contributed by atoms with Gasteiger partial charge >= 0.3 is 0 Å². The second-order valence-corrected chi connectivity index (χ2v) is 4.88. The lowest BCUT2D eigenvalue weighted by Gasteiger charge is -2.41. The van der Waals surface area contributed by atoms with E-state index in [9.17, 15) is 0 Å². The van der Waals surface area contributed by atoms with E-state index in [2.05, 4.69) is 31.1 Å². The number of fused-ring (bicyclic) bond motifs is 2. The van der Waals surface area contributed by atoms with Crippen molar-refractivity contribution in [2.45, 2.75) is 63.7 Å². The standard InChI is InChI=1S/C11H22N2/c1-8(2)13-10-4-5-11(13)7-9(6-10)12-3/h8-12H,4-7H2,1-3H3/t9?,10-,11+. The maximum absolute atomic E-state index is 3.44. The molecule has 2 heteroatoms. The van der Waals surface area contributed by atoms with Crippen molar-refractivity contribution in [3.05, 3.63) is 0 Å². The zero-order valence-corrected chi connectivity index (χ0v) is 9.09. The molecule has 2 aliphatic rings. The average Bonchev–Trinajstić information content (AvgIpc) is 2.37. The molecule has 2 fully saturated rings. The van der Waals surface area contributed by atoms with E-state index in [4.69, 9.17) is 0 Å². The maximum atomic E-state index is 3.44. The smallest absolute Gasteiger partial charge is 0.0116 e. The lowest BCUT2D eigenvalue weighted by atomic mass is 9.96. The van der Waals surface area contributed by atoms with Crippen molar-refractivity contribution in [3.8, 4) is 0 Å². The first-order chi connectivity index (χ1) is 6.22. The topological polar surface area (TPSA) is 15.3 Å². The highest BCUT2D eigenvalue weighted by atomic mass is 15.2. The number of hydrogen-bond donors (Lipinski definition) is 1. The van der Waals surface area contributed by atoms with Gasteiger partial charge in [-0.2, -0.15) is 0 Å². The Morgan fingerprint density at radius 1 is 1.15 bits per heavy atom. The molecule has 0 aliphatic carbocycles. The maximum Gasteiger partial charge on any atom is 0.0116 e. The Labute approximate surface area is 81.7 Å². The minimum atomic E-state index is 0.746. The molecule has 3 atom stereocenters. The van der Waals surface area contributed by atoms with Crippen LogP contribution >= 0.6 is 0 Å². The van der Waals surface area contributed by atoms with Crippen LogP contribution in [0, 0.1) is 0 Å². The Kier molecular flexibility index (Phi) is 2.61. The van der Waals surface area contributed by atoms with Crippen LogP contribution in [0.5, 0.6) is 0 Å². The number of nitrogens with one attached hydrogen (secondary N) is 1. The molecule has 2 saturated heterocycles. The predicted molar refractivity (Wildman–Crippen MR) is 55.9 cm³/mol. The fourth-order valence-corrected chi connectivity index (χ4v) is 3.29. The molecule has 0 amide bonds. The summed E-state index contributed by atoms with van der Waals surface area (Å²) in [6.45, 7) is 4.68. The summed E-state index contributed by atoms with van der Waals surface area (Å²) >= 11 is 0. The Hall–Kier alpha value is -0.0800. The van der Waals surface area contributed by atoms with E-state index in [0.717, 1.165) is 24.2 Å². The van der Waals surface area contributed by atoms with Gasteiger partial charge < -0.3 is 5.32 Å². The monoisotopic (exact) mass is 182 g/mol. The Balaban J connectivity index is 2.04. The molecule has 13 heavy (non-hydrogen) atoms. The first-order valence-corrected chi connectivity index (χ1v) is 5.67. The molecule has 0 spiro atoms. The van der Waals surface area contributed by atoms with Crippen LogP contribution in [-0.2, 0) is 0 Å². The zero-order valence-electron chi connectivity index (χ0n) is 9.09. The SMILES string of the molecule is CNC1C[C@H]2CC[C@@H](C1)N2C(C)C. The molecule has 2 rings (SSSR count). The van der Waals surface area contributed by atoms with Crippen molar-refractivity contribution >= 4 is 0 Å². The summed E-state index contributed by atoms with van der Waals surface area (Å²) in [5.41, 5.74) is 0. The number of rotatable bonds is 2. The molecule has 0 saturated carbocycles. The van der Waals surface area contributed by atoms with E-state index in [1.54, 1.807) is 0 Å². The van der Waals surface area contributed by atoms with Crippen molar-refractivity contribution in [2.75, 3.05) is 7.05 Å². The third kappa shape index (κ3) is 1.62. The Morgan fingerprint density at radius 2 is 1.69 bits per heavy atom. The molecule has 1 N–H and O–H groups in total. The van der Waals surface area contributed by atoms with Crippen LogP contribution < -0.4 is 5.32 Å². The molecule has 0 aromatic carbocycles. The van der Waals surface area contributed by atoms with Crippen LogP contribution in [0.25, 0.3) is 0 Å². The minimum Gasteiger partial charge on any atom is -0.317 e. The van der Waals surface area contributed by atoms with Gasteiger partial charge in [0, 0.05) is 24.2 Å². The molecule has 2 heterocycles. The lowest BCUT2D eigenvalue weighted by molar-refractivity contribution is 0.0870. The summed E-state index contributed by atoms with van der Waals surface area (Å²) in [5.74, 6) is 0. The summed E-state index contributed by atoms with van der Waals surface area (Å²) in [4.78, 5) is 2.74. The van der Waals surface area contributed by atoms with Crippen LogP contribution in [0.15, 0.2) is 0 Å². The van der Waals surface area contributed by atoms with Crippen LogP contribution in [0.1, 0.15) is 39.5 Å². The molecule has 76 valence electrons. The van der Waals surface area contributed by atoms with E-state index >= 15 is 0 Å². The lowest BCUT2D eigenvalue weighted by Crippen LogP contribution is -2.50. The van der Waals surface area contributed by atoms with Gasteiger partial charge in [-0.1, -0.05) is 0 Å². The number of piperidine rings is 1.